The summed E-state index contributed by atoms with van der Waals surface area (Å²) < 4.78 is 1.21. The lowest BCUT2D eigenvalue weighted by atomic mass is 9.99. The van der Waals surface area contributed by atoms with Crippen LogP contribution in [0.3, 0.4) is 0 Å². The van der Waals surface area contributed by atoms with Gasteiger partial charge in [0.05, 0.1) is 3.79 Å². The summed E-state index contributed by atoms with van der Waals surface area (Å²) in [6, 6.07) is 2.18. The number of halogens is 1. The van der Waals surface area contributed by atoms with E-state index in [1.165, 1.54) is 22.2 Å². The highest BCUT2D eigenvalue weighted by atomic mass is 79.9. The van der Waals surface area contributed by atoms with Crippen molar-refractivity contribution in [3.05, 3.63) is 20.8 Å². The minimum absolute atomic E-state index is 0.253. The second kappa shape index (κ2) is 5.29. The third-order valence-corrected chi connectivity index (χ3v) is 3.82. The Morgan fingerprint density at radius 1 is 1.50 bits per heavy atom. The quantitative estimate of drug-likeness (QED) is 0.850. The fourth-order valence-electron chi connectivity index (χ4n) is 1.49. The smallest absolute Gasteiger partial charge is 0.0701 e. The van der Waals surface area contributed by atoms with Crippen molar-refractivity contribution in [3.8, 4) is 0 Å². The maximum Gasteiger partial charge on any atom is 0.0701 e. The Morgan fingerprint density at radius 3 is 2.71 bits per heavy atom. The van der Waals surface area contributed by atoms with Gasteiger partial charge in [-0.15, -0.1) is 11.3 Å². The normalized spacial score (nSPS) is 12.0. The van der Waals surface area contributed by atoms with E-state index in [2.05, 4.69) is 53.5 Å². The van der Waals surface area contributed by atoms with Crippen molar-refractivity contribution in [2.75, 3.05) is 0 Å². The Kier molecular flexibility index (Phi) is 4.61. The number of hydrogen-bond donors (Lipinski definition) is 1. The van der Waals surface area contributed by atoms with E-state index in [1.54, 1.807) is 11.3 Å². The van der Waals surface area contributed by atoms with Gasteiger partial charge in [0.15, 0.2) is 0 Å². The molecule has 0 unspecified atom stereocenters. The Labute approximate surface area is 99.0 Å². The molecule has 0 aromatic carbocycles. The summed E-state index contributed by atoms with van der Waals surface area (Å²) >= 11 is 5.22. The van der Waals surface area contributed by atoms with Crippen molar-refractivity contribution >= 4 is 27.3 Å². The summed E-state index contributed by atoms with van der Waals surface area (Å²) in [6.45, 7) is 7.72. The average Bonchev–Trinajstić information content (AvgIpc) is 2.48. The average molecular weight is 276 g/mol. The molecule has 1 aromatic rings. The molecule has 0 saturated carbocycles. The van der Waals surface area contributed by atoms with Crippen LogP contribution in [0, 0.1) is 0 Å². The molecule has 1 nitrogen and oxygen atoms in total. The summed E-state index contributed by atoms with van der Waals surface area (Å²) in [5.41, 5.74) is 1.62. The first kappa shape index (κ1) is 12.2. The SMILES string of the molecule is CCCC(C)(C)NCc1csc(Br)c1. The third-order valence-electron chi connectivity index (χ3n) is 2.27. The van der Waals surface area contributed by atoms with Crippen LogP contribution in [0.15, 0.2) is 15.2 Å². The lowest BCUT2D eigenvalue weighted by molar-refractivity contribution is 0.357. The van der Waals surface area contributed by atoms with E-state index >= 15 is 0 Å². The summed E-state index contributed by atoms with van der Waals surface area (Å²) in [6.07, 6.45) is 2.45. The molecule has 0 bridgehead atoms. The van der Waals surface area contributed by atoms with Gasteiger partial charge in [0, 0.05) is 12.1 Å². The van der Waals surface area contributed by atoms with E-state index < -0.39 is 0 Å². The highest BCUT2D eigenvalue weighted by Gasteiger charge is 2.15. The molecule has 1 rings (SSSR count). The van der Waals surface area contributed by atoms with Crippen LogP contribution in [-0.4, -0.2) is 5.54 Å². The second-order valence-electron chi connectivity index (χ2n) is 4.25. The minimum atomic E-state index is 0.253. The van der Waals surface area contributed by atoms with Gasteiger partial charge < -0.3 is 5.32 Å². The Hall–Kier alpha value is 0.140. The van der Waals surface area contributed by atoms with E-state index in [9.17, 15) is 0 Å². The molecule has 1 aromatic heterocycles. The first-order chi connectivity index (χ1) is 6.53. The zero-order valence-corrected chi connectivity index (χ0v) is 11.5. The predicted molar refractivity (Wildman–Crippen MR) is 67.8 cm³/mol. The number of hydrogen-bond acceptors (Lipinski definition) is 2. The van der Waals surface area contributed by atoms with E-state index in [4.69, 9.17) is 0 Å². The number of rotatable bonds is 5. The Balaban J connectivity index is 2.40. The van der Waals surface area contributed by atoms with Crippen molar-refractivity contribution in [3.63, 3.8) is 0 Å². The predicted octanol–water partition coefficient (Wildman–Crippen LogP) is 4.18. The summed E-state index contributed by atoms with van der Waals surface area (Å²) in [5.74, 6) is 0. The third kappa shape index (κ3) is 4.11. The van der Waals surface area contributed by atoms with E-state index in [1.807, 2.05) is 0 Å². The first-order valence-corrected chi connectivity index (χ1v) is 6.69. The molecule has 1 N–H and O–H groups in total. The maximum absolute atomic E-state index is 3.58. The molecule has 14 heavy (non-hydrogen) atoms. The molecule has 0 atom stereocenters. The van der Waals surface area contributed by atoms with Gasteiger partial charge in [-0.25, -0.2) is 0 Å². The van der Waals surface area contributed by atoms with Gasteiger partial charge in [-0.05, 0) is 53.2 Å². The molecular formula is C11H18BrNS. The second-order valence-corrected chi connectivity index (χ2v) is 6.54. The monoisotopic (exact) mass is 275 g/mol. The van der Waals surface area contributed by atoms with Crippen LogP contribution in [0.5, 0.6) is 0 Å². The first-order valence-electron chi connectivity index (χ1n) is 5.01. The topological polar surface area (TPSA) is 12.0 Å². The van der Waals surface area contributed by atoms with Gasteiger partial charge in [0.2, 0.25) is 0 Å². The van der Waals surface area contributed by atoms with Crippen LogP contribution >= 0.6 is 27.3 Å². The lowest BCUT2D eigenvalue weighted by Gasteiger charge is -2.25. The number of thiophene rings is 1. The van der Waals surface area contributed by atoms with Crippen LogP contribution in [0.2, 0.25) is 0 Å². The van der Waals surface area contributed by atoms with Crippen molar-refractivity contribution < 1.29 is 0 Å². The fraction of sp³-hybridized carbons (Fsp3) is 0.636. The van der Waals surface area contributed by atoms with E-state index in [0.717, 1.165) is 6.54 Å². The minimum Gasteiger partial charge on any atom is -0.308 e. The van der Waals surface area contributed by atoms with Crippen molar-refractivity contribution in [2.45, 2.75) is 45.7 Å². The Morgan fingerprint density at radius 2 is 2.21 bits per heavy atom. The molecule has 3 heteroatoms. The molecule has 0 spiro atoms. The highest BCUT2D eigenvalue weighted by molar-refractivity contribution is 9.11. The Bertz CT molecular complexity index is 281. The maximum atomic E-state index is 3.58. The van der Waals surface area contributed by atoms with Crippen molar-refractivity contribution in [2.24, 2.45) is 0 Å². The summed E-state index contributed by atoms with van der Waals surface area (Å²) in [7, 11) is 0. The van der Waals surface area contributed by atoms with Crippen LogP contribution in [0.25, 0.3) is 0 Å². The molecule has 80 valence electrons. The standard InChI is InChI=1S/C11H18BrNS/c1-4-5-11(2,3)13-7-9-6-10(12)14-8-9/h6,8,13H,4-5,7H2,1-3H3. The molecule has 0 aliphatic heterocycles. The van der Waals surface area contributed by atoms with Gasteiger partial charge in [-0.2, -0.15) is 0 Å². The van der Waals surface area contributed by atoms with Crippen LogP contribution in [0.1, 0.15) is 39.2 Å². The number of nitrogens with one attached hydrogen (secondary N) is 1. The van der Waals surface area contributed by atoms with E-state index in [0.29, 0.717) is 0 Å². The molecule has 0 aliphatic carbocycles. The van der Waals surface area contributed by atoms with Gasteiger partial charge in [0.25, 0.3) is 0 Å². The van der Waals surface area contributed by atoms with Gasteiger partial charge >= 0.3 is 0 Å². The lowest BCUT2D eigenvalue weighted by Crippen LogP contribution is -2.38. The molecule has 0 fully saturated rings. The van der Waals surface area contributed by atoms with Gasteiger partial charge in [-0.3, -0.25) is 0 Å². The van der Waals surface area contributed by atoms with Gasteiger partial charge in [-0.1, -0.05) is 13.3 Å². The van der Waals surface area contributed by atoms with Crippen LogP contribution in [-0.2, 0) is 6.54 Å². The molecular weight excluding hydrogens is 258 g/mol. The largest absolute Gasteiger partial charge is 0.308 e. The molecule has 0 saturated heterocycles. The van der Waals surface area contributed by atoms with Crippen LogP contribution < -0.4 is 5.32 Å². The fourth-order valence-corrected chi connectivity index (χ4v) is 2.70. The van der Waals surface area contributed by atoms with Crippen molar-refractivity contribution in [1.82, 2.24) is 5.32 Å². The molecule has 1 heterocycles. The van der Waals surface area contributed by atoms with E-state index in [-0.39, 0.29) is 5.54 Å². The zero-order valence-electron chi connectivity index (χ0n) is 9.06. The van der Waals surface area contributed by atoms with Gasteiger partial charge in [0.1, 0.15) is 0 Å². The molecule has 0 aliphatic rings. The molecule has 0 radical (unpaired) electrons. The van der Waals surface area contributed by atoms with Crippen LogP contribution in [0.4, 0.5) is 0 Å². The highest BCUT2D eigenvalue weighted by Crippen LogP contribution is 2.21. The molecule has 0 amide bonds. The summed E-state index contributed by atoms with van der Waals surface area (Å²) in [5, 5.41) is 5.77. The van der Waals surface area contributed by atoms with Crippen molar-refractivity contribution in [1.29, 1.82) is 0 Å². The summed E-state index contributed by atoms with van der Waals surface area (Å²) in [4.78, 5) is 0. The zero-order chi connectivity index (χ0) is 10.6.